The molecule has 0 aliphatic heterocycles. The molecular weight excluding hydrogens is 282 g/mol. The third-order valence-corrected chi connectivity index (χ3v) is 3.38. The van der Waals surface area contributed by atoms with E-state index >= 15 is 0 Å². The lowest BCUT2D eigenvalue weighted by atomic mass is 9.91. The third kappa shape index (κ3) is 5.59. The van der Waals surface area contributed by atoms with Crippen LogP contribution in [0, 0.1) is 5.41 Å². The van der Waals surface area contributed by atoms with Gasteiger partial charge in [-0.1, -0.05) is 48.1 Å². The average Bonchev–Trinajstić information content (AvgIpc) is 2.45. The number of pyridine rings is 1. The molecule has 0 aliphatic carbocycles. The van der Waals surface area contributed by atoms with Gasteiger partial charge >= 0.3 is 0 Å². The van der Waals surface area contributed by atoms with Crippen LogP contribution in [0.15, 0.2) is 52.9 Å². The Kier molecular flexibility index (Phi) is 6.20. The van der Waals surface area contributed by atoms with Crippen molar-refractivity contribution in [2.45, 2.75) is 53.9 Å². The van der Waals surface area contributed by atoms with Crippen molar-refractivity contribution in [2.75, 3.05) is 0 Å². The lowest BCUT2D eigenvalue weighted by Gasteiger charge is -2.18. The molecule has 0 saturated carbocycles. The molecule has 1 aromatic rings. The van der Waals surface area contributed by atoms with Crippen molar-refractivity contribution in [3.05, 3.63) is 54.1 Å². The van der Waals surface area contributed by atoms with Crippen LogP contribution in [0.4, 0.5) is 0 Å². The van der Waals surface area contributed by atoms with Gasteiger partial charge in [-0.15, -0.1) is 0 Å². The van der Waals surface area contributed by atoms with Crippen LogP contribution >= 0.6 is 0 Å². The van der Waals surface area contributed by atoms with Gasteiger partial charge < -0.3 is 0 Å². The van der Waals surface area contributed by atoms with E-state index < -0.39 is 0 Å². The minimum Gasteiger partial charge on any atom is -0.264 e. The molecule has 0 bridgehead atoms. The molecule has 3 nitrogen and oxygen atoms in total. The average molecular weight is 311 g/mol. The summed E-state index contributed by atoms with van der Waals surface area (Å²) in [7, 11) is 0. The third-order valence-electron chi connectivity index (χ3n) is 3.38. The maximum atomic E-state index is 4.57. The highest BCUT2D eigenvalue weighted by molar-refractivity contribution is 6.08. The number of allylic oxidation sites excluding steroid dienone is 2. The van der Waals surface area contributed by atoms with E-state index in [1.807, 2.05) is 31.5 Å². The summed E-state index contributed by atoms with van der Waals surface area (Å²) in [6.07, 6.45) is 7.21. The predicted octanol–water partition coefficient (Wildman–Crippen LogP) is 5.33. The molecule has 0 N–H and O–H groups in total. The van der Waals surface area contributed by atoms with E-state index in [4.69, 9.17) is 0 Å². The van der Waals surface area contributed by atoms with E-state index in [-0.39, 0.29) is 10.8 Å². The number of nitrogens with zero attached hydrogens (tertiary/aromatic N) is 3. The Morgan fingerprint density at radius 1 is 1.13 bits per heavy atom. The molecule has 0 fully saturated rings. The van der Waals surface area contributed by atoms with Crippen molar-refractivity contribution in [3.8, 4) is 0 Å². The zero-order valence-corrected chi connectivity index (χ0v) is 15.5. The van der Waals surface area contributed by atoms with Gasteiger partial charge in [-0.3, -0.25) is 15.0 Å². The fourth-order valence-corrected chi connectivity index (χ4v) is 1.92. The van der Waals surface area contributed by atoms with Crippen molar-refractivity contribution < 1.29 is 0 Å². The van der Waals surface area contributed by atoms with E-state index in [0.29, 0.717) is 0 Å². The van der Waals surface area contributed by atoms with Gasteiger partial charge in [0.05, 0.1) is 11.4 Å². The normalized spacial score (nSPS) is 14.4. The molecular formula is C20H29N3. The molecule has 1 rings (SSSR count). The molecule has 0 atom stereocenters. The molecule has 3 heteroatoms. The minimum absolute atomic E-state index is 0.0408. The first-order valence-corrected chi connectivity index (χ1v) is 7.96. The van der Waals surface area contributed by atoms with Crippen LogP contribution in [0.5, 0.6) is 0 Å². The first kappa shape index (κ1) is 19.0. The van der Waals surface area contributed by atoms with Crippen molar-refractivity contribution in [1.29, 1.82) is 0 Å². The highest BCUT2D eigenvalue weighted by Crippen LogP contribution is 2.26. The number of aromatic nitrogens is 1. The molecule has 1 heterocycles. The Labute approximate surface area is 141 Å². The lowest BCUT2D eigenvalue weighted by Crippen LogP contribution is -2.13. The highest BCUT2D eigenvalue weighted by atomic mass is 14.8. The van der Waals surface area contributed by atoms with Crippen molar-refractivity contribution >= 4 is 11.9 Å². The standard InChI is InChI=1S/C20H29N3/c1-9-16(22-14-18(21-10-2)20(6,7)8)15-11-12-17(23-13-15)19(3,4)5/h9-14H,1H2,2-8H3/b18-14-,21-10+,22-16+. The molecule has 0 aromatic carbocycles. The molecule has 0 aliphatic rings. The molecule has 0 spiro atoms. The summed E-state index contributed by atoms with van der Waals surface area (Å²) in [6, 6.07) is 4.09. The SMILES string of the molecule is C=C\C(=N/C=C(\N=C\C)C(C)(C)C)c1ccc(C(C)(C)C)nc1. The van der Waals surface area contributed by atoms with Gasteiger partial charge in [0.25, 0.3) is 0 Å². The monoisotopic (exact) mass is 311 g/mol. The van der Waals surface area contributed by atoms with Crippen LogP contribution in [0.1, 0.15) is 59.7 Å². The van der Waals surface area contributed by atoms with E-state index in [0.717, 1.165) is 22.7 Å². The predicted molar refractivity (Wildman–Crippen MR) is 101 cm³/mol. The molecule has 0 saturated heterocycles. The van der Waals surface area contributed by atoms with Gasteiger partial charge in [0.2, 0.25) is 0 Å². The second-order valence-electron chi connectivity index (χ2n) is 7.55. The van der Waals surface area contributed by atoms with Crippen molar-refractivity contribution in [2.24, 2.45) is 15.4 Å². The largest absolute Gasteiger partial charge is 0.264 e. The van der Waals surface area contributed by atoms with Gasteiger partial charge in [-0.05, 0) is 25.1 Å². The highest BCUT2D eigenvalue weighted by Gasteiger charge is 2.16. The summed E-state index contributed by atoms with van der Waals surface area (Å²) in [6.45, 7) is 18.6. The summed E-state index contributed by atoms with van der Waals surface area (Å²) < 4.78 is 0. The van der Waals surface area contributed by atoms with Crippen LogP contribution in [-0.4, -0.2) is 16.9 Å². The Morgan fingerprint density at radius 3 is 2.17 bits per heavy atom. The minimum atomic E-state index is -0.0589. The molecule has 0 amide bonds. The maximum Gasteiger partial charge on any atom is 0.0712 e. The second kappa shape index (κ2) is 7.49. The maximum absolute atomic E-state index is 4.57. The van der Waals surface area contributed by atoms with Gasteiger partial charge in [0, 0.05) is 40.7 Å². The summed E-state index contributed by atoms with van der Waals surface area (Å²) in [5.74, 6) is 0. The Bertz CT molecular complexity index is 618. The van der Waals surface area contributed by atoms with Crippen molar-refractivity contribution in [1.82, 2.24) is 4.98 Å². The summed E-state index contributed by atoms with van der Waals surface area (Å²) in [4.78, 5) is 13.5. The van der Waals surface area contributed by atoms with Crippen LogP contribution in [0.3, 0.4) is 0 Å². The van der Waals surface area contributed by atoms with Crippen molar-refractivity contribution in [3.63, 3.8) is 0 Å². The Morgan fingerprint density at radius 2 is 1.78 bits per heavy atom. The molecule has 1 aromatic heterocycles. The van der Waals surface area contributed by atoms with Crippen LogP contribution in [0.25, 0.3) is 0 Å². The molecule has 124 valence electrons. The zero-order valence-electron chi connectivity index (χ0n) is 15.5. The van der Waals surface area contributed by atoms with Crippen LogP contribution in [-0.2, 0) is 5.41 Å². The topological polar surface area (TPSA) is 37.6 Å². The Hall–Kier alpha value is -2.03. The van der Waals surface area contributed by atoms with Gasteiger partial charge in [-0.25, -0.2) is 0 Å². The molecule has 0 unspecified atom stereocenters. The Balaban J connectivity index is 3.20. The van der Waals surface area contributed by atoms with E-state index in [1.54, 1.807) is 12.3 Å². The fourth-order valence-electron chi connectivity index (χ4n) is 1.92. The lowest BCUT2D eigenvalue weighted by molar-refractivity contribution is 0.497. The van der Waals surface area contributed by atoms with Gasteiger partial charge in [-0.2, -0.15) is 0 Å². The quantitative estimate of drug-likeness (QED) is 0.692. The second-order valence-corrected chi connectivity index (χ2v) is 7.55. The number of rotatable bonds is 4. The van der Waals surface area contributed by atoms with Gasteiger partial charge in [0.1, 0.15) is 0 Å². The fraction of sp³-hybridized carbons (Fsp3) is 0.450. The van der Waals surface area contributed by atoms with Gasteiger partial charge in [0.15, 0.2) is 0 Å². The molecule has 0 radical (unpaired) electrons. The van der Waals surface area contributed by atoms with Crippen LogP contribution < -0.4 is 0 Å². The molecule has 23 heavy (non-hydrogen) atoms. The number of hydrogen-bond donors (Lipinski definition) is 0. The van der Waals surface area contributed by atoms with E-state index in [2.05, 4.69) is 63.1 Å². The number of hydrogen-bond acceptors (Lipinski definition) is 3. The first-order valence-electron chi connectivity index (χ1n) is 7.96. The first-order chi connectivity index (χ1) is 10.6. The smallest absolute Gasteiger partial charge is 0.0712 e. The summed E-state index contributed by atoms with van der Waals surface area (Å²) in [5, 5.41) is 0. The van der Waals surface area contributed by atoms with E-state index in [1.165, 1.54) is 0 Å². The summed E-state index contributed by atoms with van der Waals surface area (Å²) in [5.41, 5.74) is 3.73. The zero-order chi connectivity index (χ0) is 17.7. The summed E-state index contributed by atoms with van der Waals surface area (Å²) >= 11 is 0. The van der Waals surface area contributed by atoms with Crippen LogP contribution in [0.2, 0.25) is 0 Å². The van der Waals surface area contributed by atoms with E-state index in [9.17, 15) is 0 Å². The number of aliphatic imine (C=N–C) groups is 2.